The minimum Gasteiger partial charge on any atom is -0.481 e. The summed E-state index contributed by atoms with van der Waals surface area (Å²) in [6.07, 6.45) is -0.238. The van der Waals surface area contributed by atoms with Gasteiger partial charge in [-0.3, -0.25) is 14.9 Å². The van der Waals surface area contributed by atoms with Crippen LogP contribution in [0.3, 0.4) is 0 Å². The number of carbonyl (C=O) groups excluding carboxylic acids is 1. The molecule has 2 rings (SSSR count). The van der Waals surface area contributed by atoms with E-state index in [2.05, 4.69) is 9.97 Å². The van der Waals surface area contributed by atoms with Crippen molar-refractivity contribution >= 4 is 11.5 Å². The molecule has 0 unspecified atom stereocenters. The summed E-state index contributed by atoms with van der Waals surface area (Å²) in [5, 5.41) is 11.6. The van der Waals surface area contributed by atoms with E-state index in [9.17, 15) is 19.3 Å². The van der Waals surface area contributed by atoms with Gasteiger partial charge in [-0.05, 0) is 26.0 Å². The second kappa shape index (κ2) is 8.49. The van der Waals surface area contributed by atoms with Gasteiger partial charge in [0.2, 0.25) is 23.4 Å². The third kappa shape index (κ3) is 4.73. The maximum Gasteiger partial charge on any atom is 0.286 e. The van der Waals surface area contributed by atoms with Crippen molar-refractivity contribution in [1.29, 1.82) is 0 Å². The van der Waals surface area contributed by atoms with E-state index in [1.54, 1.807) is 13.8 Å². The van der Waals surface area contributed by atoms with Crippen molar-refractivity contribution in [2.75, 3.05) is 14.2 Å². The highest BCUT2D eigenvalue weighted by atomic mass is 19.1. The maximum atomic E-state index is 14.0. The Kier molecular flexibility index (Phi) is 6.35. The number of carbonyl (C=O) groups is 1. The van der Waals surface area contributed by atoms with Gasteiger partial charge in [0.15, 0.2) is 0 Å². The Balaban J connectivity index is 2.60. The van der Waals surface area contributed by atoms with Crippen molar-refractivity contribution in [2.45, 2.75) is 26.6 Å². The molecule has 0 aliphatic heterocycles. The molecule has 2 aromatic rings. The van der Waals surface area contributed by atoms with Crippen molar-refractivity contribution in [2.24, 2.45) is 0 Å². The van der Waals surface area contributed by atoms with Crippen LogP contribution >= 0.6 is 0 Å². The normalized spacial score (nSPS) is 10.7. The van der Waals surface area contributed by atoms with Crippen LogP contribution in [-0.4, -0.2) is 41.0 Å². The molecule has 1 aromatic heterocycles. The van der Waals surface area contributed by atoms with E-state index < -0.39 is 33.6 Å². The summed E-state index contributed by atoms with van der Waals surface area (Å²) in [5.41, 5.74) is -1.11. The number of nitrogens with zero attached hydrogens (tertiary/aromatic N) is 3. The first-order valence-electron chi connectivity index (χ1n) is 7.87. The van der Waals surface area contributed by atoms with E-state index in [-0.39, 0.29) is 30.0 Å². The molecule has 0 spiro atoms. The number of nitro groups is 1. The van der Waals surface area contributed by atoms with E-state index in [0.29, 0.717) is 0 Å². The fourth-order valence-corrected chi connectivity index (χ4v) is 2.25. The van der Waals surface area contributed by atoms with Crippen LogP contribution in [0.1, 0.15) is 35.6 Å². The maximum absolute atomic E-state index is 14.0. The summed E-state index contributed by atoms with van der Waals surface area (Å²) in [6.45, 7) is 3.23. The van der Waals surface area contributed by atoms with Crippen LogP contribution in [0.25, 0.3) is 0 Å². The number of nitro benzene ring substituents is 1. The SMILES string of the molecule is COc1cc(OC)nc(C(=O)c2cc(F)cc(COC(C)C)c2[N+](=O)[O-])n1. The molecule has 0 saturated heterocycles. The minimum atomic E-state index is -0.941. The Labute approximate surface area is 154 Å². The number of hydrogen-bond donors (Lipinski definition) is 0. The van der Waals surface area contributed by atoms with Gasteiger partial charge in [0, 0.05) is 0 Å². The third-order valence-electron chi connectivity index (χ3n) is 3.45. The molecule has 10 heteroatoms. The summed E-state index contributed by atoms with van der Waals surface area (Å²) in [6, 6.07) is 3.07. The van der Waals surface area contributed by atoms with E-state index in [4.69, 9.17) is 14.2 Å². The predicted octanol–water partition coefficient (Wildman–Crippen LogP) is 2.70. The summed E-state index contributed by atoms with van der Waals surface area (Å²) >= 11 is 0. The Morgan fingerprint density at radius 1 is 1.19 bits per heavy atom. The van der Waals surface area contributed by atoms with Gasteiger partial charge in [0.25, 0.3) is 5.69 Å². The summed E-state index contributed by atoms with van der Waals surface area (Å²) in [4.78, 5) is 31.3. The van der Waals surface area contributed by atoms with Gasteiger partial charge in [0.05, 0.1) is 43.5 Å². The van der Waals surface area contributed by atoms with Crippen LogP contribution in [0.5, 0.6) is 11.8 Å². The lowest BCUT2D eigenvalue weighted by Crippen LogP contribution is -2.14. The molecular weight excluding hydrogens is 361 g/mol. The summed E-state index contributed by atoms with van der Waals surface area (Å²) < 4.78 is 29.3. The number of hydrogen-bond acceptors (Lipinski definition) is 8. The predicted molar refractivity (Wildman–Crippen MR) is 91.5 cm³/mol. The first-order chi connectivity index (χ1) is 12.8. The van der Waals surface area contributed by atoms with E-state index in [0.717, 1.165) is 12.1 Å². The molecule has 1 heterocycles. The van der Waals surface area contributed by atoms with Gasteiger partial charge in [-0.1, -0.05) is 0 Å². The average Bonchev–Trinajstić information content (AvgIpc) is 2.64. The Hall–Kier alpha value is -3.14. The smallest absolute Gasteiger partial charge is 0.286 e. The lowest BCUT2D eigenvalue weighted by atomic mass is 10.0. The highest BCUT2D eigenvalue weighted by Crippen LogP contribution is 2.29. The topological polar surface area (TPSA) is 114 Å². The molecule has 1 aromatic carbocycles. The van der Waals surface area contributed by atoms with Crippen molar-refractivity contribution in [3.8, 4) is 11.8 Å². The molecule has 0 radical (unpaired) electrons. The first-order valence-corrected chi connectivity index (χ1v) is 7.87. The van der Waals surface area contributed by atoms with Gasteiger partial charge in [-0.25, -0.2) is 4.39 Å². The molecule has 0 amide bonds. The summed E-state index contributed by atoms with van der Waals surface area (Å²) in [5.74, 6) is -2.14. The van der Waals surface area contributed by atoms with Crippen LogP contribution in [0, 0.1) is 15.9 Å². The Morgan fingerprint density at radius 3 is 2.26 bits per heavy atom. The van der Waals surface area contributed by atoms with Crippen LogP contribution in [-0.2, 0) is 11.3 Å². The van der Waals surface area contributed by atoms with Gasteiger partial charge in [-0.2, -0.15) is 9.97 Å². The number of rotatable bonds is 8. The van der Waals surface area contributed by atoms with Crippen molar-refractivity contribution < 1.29 is 28.3 Å². The van der Waals surface area contributed by atoms with Gasteiger partial charge in [-0.15, -0.1) is 0 Å². The van der Waals surface area contributed by atoms with Crippen LogP contribution in [0.15, 0.2) is 18.2 Å². The molecule has 0 bridgehead atoms. The molecule has 144 valence electrons. The number of ether oxygens (including phenoxy) is 3. The standard InChI is InChI=1S/C17H18FN3O6/c1-9(2)27-8-10-5-11(18)6-12(15(10)21(23)24)16(22)17-19-13(25-3)7-14(20-17)26-4/h5-7,9H,8H2,1-4H3. The largest absolute Gasteiger partial charge is 0.481 e. The minimum absolute atomic E-state index is 0.0209. The number of ketones is 1. The van der Waals surface area contributed by atoms with Crippen LogP contribution < -0.4 is 9.47 Å². The number of benzene rings is 1. The molecule has 0 fully saturated rings. The Bertz CT molecular complexity index is 850. The zero-order chi connectivity index (χ0) is 20.1. The van der Waals surface area contributed by atoms with Crippen molar-refractivity contribution in [3.05, 3.63) is 51.1 Å². The monoisotopic (exact) mass is 379 g/mol. The zero-order valence-corrected chi connectivity index (χ0v) is 15.2. The second-order valence-electron chi connectivity index (χ2n) is 5.68. The van der Waals surface area contributed by atoms with Gasteiger partial charge in [0.1, 0.15) is 11.4 Å². The van der Waals surface area contributed by atoms with Gasteiger partial charge < -0.3 is 14.2 Å². The second-order valence-corrected chi connectivity index (χ2v) is 5.68. The zero-order valence-electron chi connectivity index (χ0n) is 15.2. The van der Waals surface area contributed by atoms with Gasteiger partial charge >= 0.3 is 0 Å². The third-order valence-corrected chi connectivity index (χ3v) is 3.45. The molecule has 9 nitrogen and oxygen atoms in total. The lowest BCUT2D eigenvalue weighted by Gasteiger charge is -2.11. The van der Waals surface area contributed by atoms with Crippen LogP contribution in [0.4, 0.5) is 10.1 Å². The first kappa shape index (κ1) is 20.2. The number of aromatic nitrogens is 2. The quantitative estimate of drug-likeness (QED) is 0.391. The van der Waals surface area contributed by atoms with Crippen molar-refractivity contribution in [1.82, 2.24) is 9.97 Å². The van der Waals surface area contributed by atoms with E-state index in [1.165, 1.54) is 20.3 Å². The molecule has 0 atom stereocenters. The molecule has 0 saturated carbocycles. The van der Waals surface area contributed by atoms with Crippen molar-refractivity contribution in [3.63, 3.8) is 0 Å². The molecule has 0 N–H and O–H groups in total. The van der Waals surface area contributed by atoms with E-state index >= 15 is 0 Å². The molecule has 27 heavy (non-hydrogen) atoms. The molecular formula is C17H18FN3O6. The highest BCUT2D eigenvalue weighted by molar-refractivity contribution is 6.09. The number of methoxy groups -OCH3 is 2. The highest BCUT2D eigenvalue weighted by Gasteiger charge is 2.29. The molecule has 0 aliphatic rings. The van der Waals surface area contributed by atoms with E-state index in [1.807, 2.05) is 0 Å². The average molecular weight is 379 g/mol. The Morgan fingerprint density at radius 2 is 1.78 bits per heavy atom. The lowest BCUT2D eigenvalue weighted by molar-refractivity contribution is -0.386. The van der Waals surface area contributed by atoms with Crippen LogP contribution in [0.2, 0.25) is 0 Å². The molecule has 0 aliphatic carbocycles. The number of halogens is 1. The fourth-order valence-electron chi connectivity index (χ4n) is 2.25. The summed E-state index contributed by atoms with van der Waals surface area (Å²) in [7, 11) is 2.64. The fraction of sp³-hybridized carbons (Fsp3) is 0.353.